The average molecular weight is 422 g/mol. The molecule has 0 saturated heterocycles. The van der Waals surface area contributed by atoms with Gasteiger partial charge in [-0.1, -0.05) is 42.0 Å². The number of rotatable bonds is 1. The van der Waals surface area contributed by atoms with Gasteiger partial charge in [0, 0.05) is 20.2 Å². The molecule has 0 amide bonds. The van der Waals surface area contributed by atoms with E-state index in [0.29, 0.717) is 11.8 Å². The van der Waals surface area contributed by atoms with Gasteiger partial charge in [0.15, 0.2) is 0 Å². The molecule has 1 heterocycles. The van der Waals surface area contributed by atoms with E-state index in [9.17, 15) is 0 Å². The average Bonchev–Trinajstić information content (AvgIpc) is 2.97. The van der Waals surface area contributed by atoms with Crippen LogP contribution in [0.15, 0.2) is 48.6 Å². The Kier molecular flexibility index (Phi) is 3.69. The van der Waals surface area contributed by atoms with Crippen molar-refractivity contribution in [3.05, 3.63) is 73.8 Å². The lowest BCUT2D eigenvalue weighted by molar-refractivity contribution is 0.425. The minimum absolute atomic E-state index is 0.278. The molecule has 0 fully saturated rings. The highest BCUT2D eigenvalue weighted by Crippen LogP contribution is 2.51. The molecule has 1 nitrogen and oxygen atoms in total. The molecule has 0 saturated carbocycles. The number of aryl methyl sites for hydroxylation is 1. The second kappa shape index (κ2) is 5.57. The van der Waals surface area contributed by atoms with Gasteiger partial charge in [-0.3, -0.25) is 0 Å². The van der Waals surface area contributed by atoms with Gasteiger partial charge in [0.1, 0.15) is 0 Å². The van der Waals surface area contributed by atoms with Crippen molar-refractivity contribution in [1.82, 2.24) is 0 Å². The number of nitrogens with one attached hydrogen (secondary N) is 1. The number of halogens is 2. The van der Waals surface area contributed by atoms with Crippen LogP contribution in [0.4, 0.5) is 5.69 Å². The highest BCUT2D eigenvalue weighted by atomic mass is 127. The Bertz CT molecular complexity index is 768. The monoisotopic (exact) mass is 421 g/mol. The molecule has 0 bridgehead atoms. The van der Waals surface area contributed by atoms with Crippen molar-refractivity contribution in [3.8, 4) is 0 Å². The van der Waals surface area contributed by atoms with Gasteiger partial charge < -0.3 is 5.32 Å². The maximum Gasteiger partial charge on any atom is 0.0568 e. The van der Waals surface area contributed by atoms with Gasteiger partial charge in [-0.25, -0.2) is 0 Å². The summed E-state index contributed by atoms with van der Waals surface area (Å²) in [6, 6.07) is 13.1. The van der Waals surface area contributed by atoms with Crippen molar-refractivity contribution in [3.63, 3.8) is 0 Å². The van der Waals surface area contributed by atoms with Crippen LogP contribution in [0.2, 0.25) is 5.02 Å². The number of anilines is 1. The van der Waals surface area contributed by atoms with E-state index in [0.717, 1.165) is 11.4 Å². The normalized spacial score (nSPS) is 25.5. The summed E-state index contributed by atoms with van der Waals surface area (Å²) in [6.07, 6.45) is 5.81. The van der Waals surface area contributed by atoms with E-state index < -0.39 is 0 Å². The lowest BCUT2D eigenvalue weighted by Gasteiger charge is -2.38. The van der Waals surface area contributed by atoms with Gasteiger partial charge in [-0.15, -0.1) is 0 Å². The van der Waals surface area contributed by atoms with E-state index in [-0.39, 0.29) is 6.04 Å². The van der Waals surface area contributed by atoms with Gasteiger partial charge in [0.2, 0.25) is 0 Å². The highest BCUT2D eigenvalue weighted by molar-refractivity contribution is 14.1. The summed E-state index contributed by atoms with van der Waals surface area (Å²) in [5.74, 6) is 1.04. The molecule has 112 valence electrons. The van der Waals surface area contributed by atoms with E-state index in [1.165, 1.54) is 25.9 Å². The Hall–Kier alpha value is -1.00. The molecule has 1 aliphatic carbocycles. The first-order valence-corrected chi connectivity index (χ1v) is 9.08. The maximum atomic E-state index is 6.48. The van der Waals surface area contributed by atoms with Gasteiger partial charge >= 0.3 is 0 Å². The van der Waals surface area contributed by atoms with Gasteiger partial charge in [-0.05, 0) is 76.7 Å². The van der Waals surface area contributed by atoms with Crippen molar-refractivity contribution in [2.45, 2.75) is 25.3 Å². The summed E-state index contributed by atoms with van der Waals surface area (Å²) >= 11 is 8.89. The summed E-state index contributed by atoms with van der Waals surface area (Å²) in [5, 5.41) is 4.65. The van der Waals surface area contributed by atoms with Crippen molar-refractivity contribution < 1.29 is 0 Å². The Balaban J connectivity index is 1.86. The van der Waals surface area contributed by atoms with E-state index in [1.807, 2.05) is 12.1 Å². The SMILES string of the molecule is Cc1cc(I)cc2c1N[C@@H](c1ccccc1Cl)[C@@H]1CC=C[C@H]21. The van der Waals surface area contributed by atoms with Crippen molar-refractivity contribution >= 4 is 39.9 Å². The highest BCUT2D eigenvalue weighted by Gasteiger charge is 2.39. The third-order valence-corrected chi connectivity index (χ3v) is 5.84. The van der Waals surface area contributed by atoms with Crippen LogP contribution in [-0.4, -0.2) is 0 Å². The summed E-state index contributed by atoms with van der Waals surface area (Å²) in [4.78, 5) is 0. The Labute approximate surface area is 149 Å². The fourth-order valence-corrected chi connectivity index (χ4v) is 4.93. The lowest BCUT2D eigenvalue weighted by atomic mass is 9.76. The van der Waals surface area contributed by atoms with Crippen LogP contribution in [0.3, 0.4) is 0 Å². The van der Waals surface area contributed by atoms with Crippen LogP contribution in [-0.2, 0) is 0 Å². The number of benzene rings is 2. The molecule has 0 spiro atoms. The predicted molar refractivity (Wildman–Crippen MR) is 102 cm³/mol. The molecule has 2 aliphatic rings. The first kappa shape index (κ1) is 14.6. The second-order valence-corrected chi connectivity index (χ2v) is 7.84. The predicted octanol–water partition coefficient (Wildman–Crippen LogP) is 6.08. The molecule has 1 N–H and O–H groups in total. The van der Waals surface area contributed by atoms with Crippen LogP contribution in [0.25, 0.3) is 0 Å². The van der Waals surface area contributed by atoms with Crippen LogP contribution in [0, 0.1) is 16.4 Å². The van der Waals surface area contributed by atoms with Crippen molar-refractivity contribution in [2.75, 3.05) is 5.32 Å². The topological polar surface area (TPSA) is 12.0 Å². The van der Waals surface area contributed by atoms with Gasteiger partial charge in [0.25, 0.3) is 0 Å². The Morgan fingerprint density at radius 2 is 2.00 bits per heavy atom. The van der Waals surface area contributed by atoms with Crippen LogP contribution in [0.5, 0.6) is 0 Å². The summed E-state index contributed by atoms with van der Waals surface area (Å²) in [6.45, 7) is 2.19. The third-order valence-electron chi connectivity index (χ3n) is 4.87. The Morgan fingerprint density at radius 1 is 1.18 bits per heavy atom. The summed E-state index contributed by atoms with van der Waals surface area (Å²) < 4.78 is 1.31. The first-order valence-electron chi connectivity index (χ1n) is 7.63. The largest absolute Gasteiger partial charge is 0.377 e. The van der Waals surface area contributed by atoms with E-state index in [4.69, 9.17) is 11.6 Å². The molecule has 0 aromatic heterocycles. The standard InChI is InChI=1S/C19H17ClIN/c1-11-9-12(21)10-16-13-6-4-7-14(13)19(22-18(11)16)15-5-2-3-8-17(15)20/h2-6,8-10,13-14,19,22H,7H2,1H3/t13-,14+,19+/m0/s1. The first-order chi connectivity index (χ1) is 10.6. The molecule has 4 rings (SSSR count). The fraction of sp³-hybridized carbons (Fsp3) is 0.263. The van der Waals surface area contributed by atoms with Crippen LogP contribution in [0.1, 0.15) is 35.1 Å². The molecule has 22 heavy (non-hydrogen) atoms. The van der Waals surface area contributed by atoms with E-state index >= 15 is 0 Å². The Morgan fingerprint density at radius 3 is 2.82 bits per heavy atom. The van der Waals surface area contributed by atoms with E-state index in [2.05, 4.69) is 71.2 Å². The van der Waals surface area contributed by atoms with Gasteiger partial charge in [0.05, 0.1) is 6.04 Å². The molecular weight excluding hydrogens is 405 g/mol. The second-order valence-electron chi connectivity index (χ2n) is 6.18. The maximum absolute atomic E-state index is 6.48. The number of fused-ring (bicyclic) bond motifs is 3. The van der Waals surface area contributed by atoms with Crippen LogP contribution < -0.4 is 5.32 Å². The number of hydrogen-bond donors (Lipinski definition) is 1. The molecular formula is C19H17ClIN. The number of allylic oxidation sites excluding steroid dienone is 2. The minimum Gasteiger partial charge on any atom is -0.377 e. The molecule has 3 heteroatoms. The minimum atomic E-state index is 0.278. The zero-order chi connectivity index (χ0) is 15.3. The molecule has 0 radical (unpaired) electrons. The molecule has 2 aromatic carbocycles. The zero-order valence-corrected chi connectivity index (χ0v) is 15.2. The lowest BCUT2D eigenvalue weighted by Crippen LogP contribution is -2.29. The molecule has 0 unspecified atom stereocenters. The van der Waals surface area contributed by atoms with E-state index in [1.54, 1.807) is 0 Å². The summed E-state index contributed by atoms with van der Waals surface area (Å²) in [7, 11) is 0. The number of hydrogen-bond acceptors (Lipinski definition) is 1. The molecule has 3 atom stereocenters. The van der Waals surface area contributed by atoms with Crippen molar-refractivity contribution in [2.24, 2.45) is 5.92 Å². The summed E-state index contributed by atoms with van der Waals surface area (Å²) in [5.41, 5.74) is 5.26. The zero-order valence-electron chi connectivity index (χ0n) is 12.3. The van der Waals surface area contributed by atoms with Gasteiger partial charge in [-0.2, -0.15) is 0 Å². The molecule has 1 aliphatic heterocycles. The van der Waals surface area contributed by atoms with Crippen molar-refractivity contribution in [1.29, 1.82) is 0 Å². The fourth-order valence-electron chi connectivity index (χ4n) is 3.88. The van der Waals surface area contributed by atoms with Crippen LogP contribution >= 0.6 is 34.2 Å². The quantitative estimate of drug-likeness (QED) is 0.435. The molecule has 2 aromatic rings. The third kappa shape index (κ3) is 2.28. The smallest absolute Gasteiger partial charge is 0.0568 e.